The number of aliphatic hydroxyl groups is 3. The molecule has 6 heteroatoms. The monoisotopic (exact) mass is 180 g/mol. The predicted molar refractivity (Wildman–Crippen MR) is 35.4 cm³/mol. The van der Waals surface area contributed by atoms with Crippen LogP contribution in [0.1, 0.15) is 0 Å². The topological polar surface area (TPSA) is 87.0 Å². The quantitative estimate of drug-likeness (QED) is 0.460. The second-order valence-electron chi connectivity index (χ2n) is 2.39. The van der Waals surface area contributed by atoms with Gasteiger partial charge in [0, 0.05) is 0 Å². The summed E-state index contributed by atoms with van der Waals surface area (Å²) in [5, 5.41) is 25.2. The molecular formula is C5H9O5P. The van der Waals surface area contributed by atoms with Crippen LogP contribution in [0.25, 0.3) is 0 Å². The van der Waals surface area contributed by atoms with Crippen LogP contribution in [0.15, 0.2) is 0 Å². The molecule has 0 bridgehead atoms. The van der Waals surface area contributed by atoms with E-state index in [1.807, 2.05) is 0 Å². The lowest BCUT2D eigenvalue weighted by Gasteiger charge is -2.21. The van der Waals surface area contributed by atoms with E-state index in [1.165, 1.54) is 0 Å². The standard InChI is InChI=1S/C5H9O5P/c6-1-4-5(8,11-9)3(7)2-10-4/h3-4,6-8H,1-2H2/t3-,4+,5+/m0/s1. The summed E-state index contributed by atoms with van der Waals surface area (Å²) in [6, 6.07) is 0. The highest BCUT2D eigenvalue weighted by atomic mass is 31.1. The van der Waals surface area contributed by atoms with Crippen LogP contribution in [-0.4, -0.2) is 46.1 Å². The molecule has 5 nitrogen and oxygen atoms in total. The van der Waals surface area contributed by atoms with Crippen LogP contribution in [0.4, 0.5) is 0 Å². The number of hydrogen-bond donors (Lipinski definition) is 3. The SMILES string of the molecule is O=P[C@]1(O)[C@@H](O)CO[C@@H]1CO. The van der Waals surface area contributed by atoms with Crippen molar-refractivity contribution in [2.24, 2.45) is 0 Å². The third-order valence-corrected chi connectivity index (χ3v) is 2.61. The first kappa shape index (κ1) is 9.03. The summed E-state index contributed by atoms with van der Waals surface area (Å²) >= 11 is 0. The molecule has 1 fully saturated rings. The predicted octanol–water partition coefficient (Wildman–Crippen LogP) is -1.28. The molecular weight excluding hydrogens is 171 g/mol. The van der Waals surface area contributed by atoms with Gasteiger partial charge >= 0.3 is 0 Å². The van der Waals surface area contributed by atoms with Gasteiger partial charge in [0.25, 0.3) is 0 Å². The van der Waals surface area contributed by atoms with Gasteiger partial charge in [-0.25, -0.2) is 0 Å². The van der Waals surface area contributed by atoms with Crippen molar-refractivity contribution in [3.05, 3.63) is 0 Å². The fraction of sp³-hybridized carbons (Fsp3) is 1.00. The highest BCUT2D eigenvalue weighted by Crippen LogP contribution is 2.35. The lowest BCUT2D eigenvalue weighted by Crippen LogP contribution is -2.43. The third kappa shape index (κ3) is 1.30. The molecule has 0 aliphatic carbocycles. The molecule has 0 aromatic rings. The Morgan fingerprint density at radius 3 is 2.73 bits per heavy atom. The Bertz CT molecular complexity index is 163. The summed E-state index contributed by atoms with van der Waals surface area (Å²) in [5.41, 5.74) is 0. The fourth-order valence-electron chi connectivity index (χ4n) is 0.974. The van der Waals surface area contributed by atoms with Gasteiger partial charge in [-0.1, -0.05) is 0 Å². The summed E-state index contributed by atoms with van der Waals surface area (Å²) < 4.78 is 15.2. The van der Waals surface area contributed by atoms with Gasteiger partial charge in [0.1, 0.15) is 12.2 Å². The highest BCUT2D eigenvalue weighted by molar-refractivity contribution is 7.25. The van der Waals surface area contributed by atoms with Crippen LogP contribution in [0, 0.1) is 0 Å². The molecule has 1 saturated heterocycles. The molecule has 3 atom stereocenters. The van der Waals surface area contributed by atoms with E-state index in [2.05, 4.69) is 0 Å². The first-order valence-electron chi connectivity index (χ1n) is 3.12. The zero-order valence-electron chi connectivity index (χ0n) is 5.67. The first-order chi connectivity index (χ1) is 5.15. The zero-order valence-corrected chi connectivity index (χ0v) is 6.57. The molecule has 1 heterocycles. The Hall–Kier alpha value is -0.0600. The molecule has 0 unspecified atom stereocenters. The van der Waals surface area contributed by atoms with E-state index in [0.717, 1.165) is 0 Å². The molecule has 0 saturated carbocycles. The highest BCUT2D eigenvalue weighted by Gasteiger charge is 2.50. The summed E-state index contributed by atoms with van der Waals surface area (Å²) in [5.74, 6) is 0. The minimum atomic E-state index is -1.84. The van der Waals surface area contributed by atoms with Crippen LogP contribution in [0.3, 0.4) is 0 Å². The van der Waals surface area contributed by atoms with Gasteiger partial charge < -0.3 is 20.1 Å². The van der Waals surface area contributed by atoms with Crippen molar-refractivity contribution in [1.29, 1.82) is 0 Å². The van der Waals surface area contributed by atoms with E-state index >= 15 is 0 Å². The maximum atomic E-state index is 10.4. The molecule has 64 valence electrons. The molecule has 0 spiro atoms. The molecule has 11 heavy (non-hydrogen) atoms. The molecule has 0 aromatic carbocycles. The Labute approximate surface area is 64.8 Å². The van der Waals surface area contributed by atoms with Crippen LogP contribution in [0.2, 0.25) is 0 Å². The third-order valence-electron chi connectivity index (χ3n) is 1.73. The minimum Gasteiger partial charge on any atom is -0.394 e. The summed E-state index contributed by atoms with van der Waals surface area (Å²) in [6.45, 7) is -0.556. The molecule has 1 rings (SSSR count). The normalized spacial score (nSPS) is 45.0. The Balaban J connectivity index is 2.78. The van der Waals surface area contributed by atoms with Crippen LogP contribution in [0.5, 0.6) is 0 Å². The number of hydrogen-bond acceptors (Lipinski definition) is 5. The van der Waals surface area contributed by atoms with Crippen LogP contribution in [-0.2, 0) is 9.30 Å². The van der Waals surface area contributed by atoms with Crippen molar-refractivity contribution in [1.82, 2.24) is 0 Å². The first-order valence-corrected chi connectivity index (χ1v) is 3.93. The Morgan fingerprint density at radius 2 is 2.36 bits per heavy atom. The van der Waals surface area contributed by atoms with E-state index in [4.69, 9.17) is 14.9 Å². The second kappa shape index (κ2) is 3.13. The lowest BCUT2D eigenvalue weighted by atomic mass is 10.1. The lowest BCUT2D eigenvalue weighted by molar-refractivity contribution is -0.0323. The maximum Gasteiger partial charge on any atom is 0.201 e. The van der Waals surface area contributed by atoms with E-state index in [0.29, 0.717) is 0 Å². The van der Waals surface area contributed by atoms with Crippen LogP contribution >= 0.6 is 8.46 Å². The van der Waals surface area contributed by atoms with Gasteiger partial charge in [0.2, 0.25) is 5.34 Å². The van der Waals surface area contributed by atoms with Crippen molar-refractivity contribution in [2.75, 3.05) is 13.2 Å². The van der Waals surface area contributed by atoms with E-state index in [9.17, 15) is 9.67 Å². The van der Waals surface area contributed by atoms with Gasteiger partial charge in [-0.05, 0) is 0 Å². The van der Waals surface area contributed by atoms with E-state index in [1.54, 1.807) is 0 Å². The zero-order chi connectivity index (χ0) is 8.48. The summed E-state index contributed by atoms with van der Waals surface area (Å²) in [7, 11) is -0.626. The van der Waals surface area contributed by atoms with E-state index in [-0.39, 0.29) is 6.61 Å². The maximum absolute atomic E-state index is 10.4. The van der Waals surface area contributed by atoms with Crippen molar-refractivity contribution >= 4 is 8.46 Å². The minimum absolute atomic E-state index is 0.100. The molecule has 1 aliphatic rings. The Morgan fingerprint density at radius 1 is 1.73 bits per heavy atom. The van der Waals surface area contributed by atoms with Crippen molar-refractivity contribution < 1.29 is 24.6 Å². The summed E-state index contributed by atoms with van der Waals surface area (Å²) in [6.07, 6.45) is -2.16. The van der Waals surface area contributed by atoms with Gasteiger partial charge in [0.05, 0.1) is 13.2 Å². The fourth-order valence-corrected chi connectivity index (χ4v) is 1.44. The molecule has 0 radical (unpaired) electrons. The van der Waals surface area contributed by atoms with Gasteiger partial charge in [-0.15, -0.1) is 0 Å². The number of ether oxygens (including phenoxy) is 1. The largest absolute Gasteiger partial charge is 0.394 e. The Kier molecular flexibility index (Phi) is 2.57. The second-order valence-corrected chi connectivity index (χ2v) is 3.29. The number of rotatable bonds is 2. The van der Waals surface area contributed by atoms with Crippen molar-refractivity contribution in [3.63, 3.8) is 0 Å². The van der Waals surface area contributed by atoms with Gasteiger partial charge in [-0.3, -0.25) is 4.57 Å². The van der Waals surface area contributed by atoms with Gasteiger partial charge in [0.15, 0.2) is 8.46 Å². The van der Waals surface area contributed by atoms with Crippen molar-refractivity contribution in [2.45, 2.75) is 17.6 Å². The molecule has 3 N–H and O–H groups in total. The summed E-state index contributed by atoms with van der Waals surface area (Å²) in [4.78, 5) is 0. The average molecular weight is 180 g/mol. The molecule has 0 amide bonds. The van der Waals surface area contributed by atoms with Gasteiger partial charge in [-0.2, -0.15) is 0 Å². The van der Waals surface area contributed by atoms with Crippen LogP contribution < -0.4 is 0 Å². The van der Waals surface area contributed by atoms with Crippen molar-refractivity contribution in [3.8, 4) is 0 Å². The number of aliphatic hydroxyl groups excluding tert-OH is 2. The molecule has 0 aromatic heterocycles. The van der Waals surface area contributed by atoms with E-state index < -0.39 is 32.6 Å². The smallest absolute Gasteiger partial charge is 0.201 e. The average Bonchev–Trinajstić information content (AvgIpc) is 2.30. The molecule has 1 aliphatic heterocycles.